The molecule has 96 valence electrons. The molecule has 1 unspecified atom stereocenters. The van der Waals surface area contributed by atoms with Crippen LogP contribution in [0.2, 0.25) is 0 Å². The SMILES string of the molecule is C=CC1CC(=O)N(c2n[nH]c(CC(=O)OC)n2)C1. The predicted octanol–water partition coefficient (Wildman–Crippen LogP) is 0.0591. The molecule has 0 aromatic carbocycles. The van der Waals surface area contributed by atoms with Crippen LogP contribution in [0, 0.1) is 5.92 Å². The third-order valence-electron chi connectivity index (χ3n) is 2.79. The number of carbonyl (C=O) groups excluding carboxylic acids is 2. The lowest BCUT2D eigenvalue weighted by molar-refractivity contribution is -0.139. The molecule has 2 heterocycles. The van der Waals surface area contributed by atoms with Gasteiger partial charge in [0.1, 0.15) is 12.2 Å². The van der Waals surface area contributed by atoms with E-state index >= 15 is 0 Å². The van der Waals surface area contributed by atoms with Gasteiger partial charge < -0.3 is 4.74 Å². The molecule has 0 saturated carbocycles. The molecule has 0 spiro atoms. The molecule has 1 saturated heterocycles. The molecule has 2 rings (SSSR count). The summed E-state index contributed by atoms with van der Waals surface area (Å²) >= 11 is 0. The number of aromatic amines is 1. The molecule has 1 aliphatic rings. The van der Waals surface area contributed by atoms with E-state index in [9.17, 15) is 9.59 Å². The first-order chi connectivity index (χ1) is 8.63. The highest BCUT2D eigenvalue weighted by atomic mass is 16.5. The van der Waals surface area contributed by atoms with E-state index in [0.717, 1.165) is 0 Å². The van der Waals surface area contributed by atoms with Gasteiger partial charge in [0, 0.05) is 18.9 Å². The van der Waals surface area contributed by atoms with Crippen molar-refractivity contribution in [1.82, 2.24) is 15.2 Å². The van der Waals surface area contributed by atoms with Crippen LogP contribution < -0.4 is 4.90 Å². The van der Waals surface area contributed by atoms with Crippen LogP contribution in [0.3, 0.4) is 0 Å². The van der Waals surface area contributed by atoms with Gasteiger partial charge in [0.25, 0.3) is 5.95 Å². The normalized spacial score (nSPS) is 19.1. The number of ether oxygens (including phenoxy) is 1. The summed E-state index contributed by atoms with van der Waals surface area (Å²) in [7, 11) is 1.30. The van der Waals surface area contributed by atoms with E-state index in [-0.39, 0.29) is 18.2 Å². The number of esters is 1. The molecule has 1 amide bonds. The lowest BCUT2D eigenvalue weighted by atomic mass is 10.1. The Hall–Kier alpha value is -2.18. The second-order valence-corrected chi connectivity index (χ2v) is 4.04. The van der Waals surface area contributed by atoms with Gasteiger partial charge in [-0.15, -0.1) is 11.7 Å². The number of hydrogen-bond donors (Lipinski definition) is 1. The summed E-state index contributed by atoms with van der Waals surface area (Å²) in [6.07, 6.45) is 2.18. The average molecular weight is 250 g/mol. The fourth-order valence-electron chi connectivity index (χ4n) is 1.78. The Kier molecular flexibility index (Phi) is 3.40. The summed E-state index contributed by atoms with van der Waals surface area (Å²) in [5.41, 5.74) is 0. The van der Waals surface area contributed by atoms with Crippen molar-refractivity contribution in [1.29, 1.82) is 0 Å². The molecule has 1 N–H and O–H groups in total. The first kappa shape index (κ1) is 12.3. The topological polar surface area (TPSA) is 88.2 Å². The number of hydrogen-bond acceptors (Lipinski definition) is 5. The maximum absolute atomic E-state index is 11.7. The highest BCUT2D eigenvalue weighted by Crippen LogP contribution is 2.22. The van der Waals surface area contributed by atoms with Crippen LogP contribution in [-0.2, 0) is 20.7 Å². The number of nitrogens with one attached hydrogen (secondary N) is 1. The quantitative estimate of drug-likeness (QED) is 0.603. The summed E-state index contributed by atoms with van der Waals surface area (Å²) in [6.45, 7) is 4.20. The zero-order valence-corrected chi connectivity index (χ0v) is 10.0. The number of nitrogens with zero attached hydrogens (tertiary/aromatic N) is 3. The van der Waals surface area contributed by atoms with Crippen molar-refractivity contribution >= 4 is 17.8 Å². The number of carbonyl (C=O) groups is 2. The summed E-state index contributed by atoms with van der Waals surface area (Å²) in [5.74, 6) is 0.355. The van der Waals surface area contributed by atoms with Crippen molar-refractivity contribution in [2.24, 2.45) is 5.92 Å². The molecule has 7 heteroatoms. The minimum atomic E-state index is -0.408. The summed E-state index contributed by atoms with van der Waals surface area (Å²) in [6, 6.07) is 0. The zero-order chi connectivity index (χ0) is 13.1. The van der Waals surface area contributed by atoms with E-state index < -0.39 is 5.97 Å². The minimum absolute atomic E-state index is 0.0103. The molecule has 1 fully saturated rings. The van der Waals surface area contributed by atoms with Crippen LogP contribution in [0.5, 0.6) is 0 Å². The summed E-state index contributed by atoms with van der Waals surface area (Å²) in [4.78, 5) is 28.4. The number of anilines is 1. The van der Waals surface area contributed by atoms with Crippen molar-refractivity contribution in [2.75, 3.05) is 18.6 Å². The third-order valence-corrected chi connectivity index (χ3v) is 2.79. The van der Waals surface area contributed by atoms with Crippen LogP contribution in [-0.4, -0.2) is 40.7 Å². The molecule has 0 bridgehead atoms. The Bertz CT molecular complexity index is 482. The van der Waals surface area contributed by atoms with E-state index in [1.54, 1.807) is 6.08 Å². The largest absolute Gasteiger partial charge is 0.469 e. The summed E-state index contributed by atoms with van der Waals surface area (Å²) < 4.78 is 4.52. The van der Waals surface area contributed by atoms with E-state index in [1.807, 2.05) is 0 Å². The van der Waals surface area contributed by atoms with Gasteiger partial charge in [-0.25, -0.2) is 0 Å². The van der Waals surface area contributed by atoms with E-state index in [0.29, 0.717) is 24.7 Å². The molecule has 1 atom stereocenters. The van der Waals surface area contributed by atoms with Gasteiger partial charge >= 0.3 is 5.97 Å². The van der Waals surface area contributed by atoms with Crippen LogP contribution in [0.1, 0.15) is 12.2 Å². The Balaban J connectivity index is 2.08. The monoisotopic (exact) mass is 250 g/mol. The fraction of sp³-hybridized carbons (Fsp3) is 0.455. The van der Waals surface area contributed by atoms with Crippen molar-refractivity contribution in [2.45, 2.75) is 12.8 Å². The number of H-pyrrole nitrogens is 1. The molecule has 1 aliphatic heterocycles. The standard InChI is InChI=1S/C11H14N4O3/c1-3-7-4-9(16)15(6-7)11-12-8(13-14-11)5-10(17)18-2/h3,7H,1,4-6H2,2H3,(H,12,13,14). The van der Waals surface area contributed by atoms with Crippen LogP contribution >= 0.6 is 0 Å². The van der Waals surface area contributed by atoms with E-state index in [2.05, 4.69) is 26.5 Å². The zero-order valence-electron chi connectivity index (χ0n) is 10.0. The van der Waals surface area contributed by atoms with Crippen LogP contribution in [0.4, 0.5) is 5.95 Å². The number of methoxy groups -OCH3 is 1. The second kappa shape index (κ2) is 4.99. The first-order valence-electron chi connectivity index (χ1n) is 5.55. The Morgan fingerprint density at radius 2 is 2.50 bits per heavy atom. The van der Waals surface area contributed by atoms with Gasteiger partial charge in [-0.3, -0.25) is 19.6 Å². The van der Waals surface area contributed by atoms with Gasteiger partial charge in [0.2, 0.25) is 5.91 Å². The number of amides is 1. The van der Waals surface area contributed by atoms with E-state index in [4.69, 9.17) is 0 Å². The maximum Gasteiger partial charge on any atom is 0.313 e. The molecular formula is C11H14N4O3. The lowest BCUT2D eigenvalue weighted by Crippen LogP contribution is -2.25. The minimum Gasteiger partial charge on any atom is -0.469 e. The third kappa shape index (κ3) is 2.39. The van der Waals surface area contributed by atoms with Crippen molar-refractivity contribution in [3.05, 3.63) is 18.5 Å². The molecular weight excluding hydrogens is 236 g/mol. The van der Waals surface area contributed by atoms with Crippen molar-refractivity contribution in [3.8, 4) is 0 Å². The Morgan fingerprint density at radius 1 is 1.72 bits per heavy atom. The van der Waals surface area contributed by atoms with Crippen LogP contribution in [0.15, 0.2) is 12.7 Å². The van der Waals surface area contributed by atoms with Crippen molar-refractivity contribution in [3.63, 3.8) is 0 Å². The Morgan fingerprint density at radius 3 is 3.11 bits per heavy atom. The second-order valence-electron chi connectivity index (χ2n) is 4.04. The van der Waals surface area contributed by atoms with E-state index in [1.165, 1.54) is 12.0 Å². The van der Waals surface area contributed by atoms with Gasteiger partial charge in [0.15, 0.2) is 0 Å². The molecule has 1 aromatic heterocycles. The smallest absolute Gasteiger partial charge is 0.313 e. The predicted molar refractivity (Wildman–Crippen MR) is 62.8 cm³/mol. The highest BCUT2D eigenvalue weighted by molar-refractivity contribution is 5.94. The fourth-order valence-corrected chi connectivity index (χ4v) is 1.78. The van der Waals surface area contributed by atoms with Gasteiger partial charge in [-0.2, -0.15) is 4.98 Å². The van der Waals surface area contributed by atoms with Crippen LogP contribution in [0.25, 0.3) is 0 Å². The summed E-state index contributed by atoms with van der Waals surface area (Å²) in [5, 5.41) is 6.55. The van der Waals surface area contributed by atoms with Gasteiger partial charge in [-0.1, -0.05) is 6.08 Å². The maximum atomic E-state index is 11.7. The molecule has 7 nitrogen and oxygen atoms in total. The lowest BCUT2D eigenvalue weighted by Gasteiger charge is -2.09. The molecule has 18 heavy (non-hydrogen) atoms. The molecule has 0 aliphatic carbocycles. The molecule has 0 radical (unpaired) electrons. The van der Waals surface area contributed by atoms with Crippen molar-refractivity contribution < 1.29 is 14.3 Å². The Labute approximate surface area is 104 Å². The first-order valence-corrected chi connectivity index (χ1v) is 5.55. The number of aromatic nitrogens is 3. The molecule has 1 aromatic rings. The average Bonchev–Trinajstić information content (AvgIpc) is 2.95. The van der Waals surface area contributed by atoms with Gasteiger partial charge in [-0.05, 0) is 0 Å². The number of rotatable bonds is 4. The highest BCUT2D eigenvalue weighted by Gasteiger charge is 2.31. The van der Waals surface area contributed by atoms with Gasteiger partial charge in [0.05, 0.1) is 7.11 Å².